The topological polar surface area (TPSA) is 38.3 Å². The molecule has 0 saturated carbocycles. The maximum Gasteiger partial charge on any atom is 0.260 e. The molecule has 4 heteroatoms. The van der Waals surface area contributed by atoms with Crippen molar-refractivity contribution in [2.45, 2.75) is 39.3 Å². The Balaban J connectivity index is 2.51. The lowest BCUT2D eigenvalue weighted by Gasteiger charge is -2.17. The largest absolute Gasteiger partial charge is 0.481 e. The van der Waals surface area contributed by atoms with Crippen molar-refractivity contribution in [2.24, 2.45) is 0 Å². The summed E-state index contributed by atoms with van der Waals surface area (Å²) in [5.41, 5.74) is 0. The van der Waals surface area contributed by atoms with Crippen molar-refractivity contribution >= 4 is 21.8 Å². The van der Waals surface area contributed by atoms with Crippen molar-refractivity contribution in [3.05, 3.63) is 28.7 Å². The summed E-state index contributed by atoms with van der Waals surface area (Å²) in [6.07, 6.45) is 0.432. The van der Waals surface area contributed by atoms with Gasteiger partial charge in [-0.15, -0.1) is 0 Å². The number of ether oxygens (including phenoxy) is 1. The first-order chi connectivity index (χ1) is 8.02. The van der Waals surface area contributed by atoms with E-state index < -0.39 is 6.10 Å². The Morgan fingerprint density at radius 1 is 1.35 bits per heavy atom. The summed E-state index contributed by atoms with van der Waals surface area (Å²) < 4.78 is 6.53. The highest BCUT2D eigenvalue weighted by Gasteiger charge is 2.15. The number of amides is 1. The van der Waals surface area contributed by atoms with Crippen LogP contribution < -0.4 is 10.1 Å². The van der Waals surface area contributed by atoms with E-state index in [4.69, 9.17) is 4.74 Å². The molecule has 0 aromatic heterocycles. The molecule has 1 amide bonds. The highest BCUT2D eigenvalue weighted by atomic mass is 79.9. The van der Waals surface area contributed by atoms with Crippen molar-refractivity contribution in [3.63, 3.8) is 0 Å². The number of carbonyl (C=O) groups excluding carboxylic acids is 1. The number of carbonyl (C=O) groups is 1. The van der Waals surface area contributed by atoms with E-state index in [2.05, 4.69) is 21.2 Å². The van der Waals surface area contributed by atoms with E-state index in [1.165, 1.54) is 0 Å². The molecule has 0 aliphatic rings. The second-order valence-corrected chi connectivity index (χ2v) is 4.95. The molecule has 2 atom stereocenters. The lowest BCUT2D eigenvalue weighted by Crippen LogP contribution is -2.40. The Morgan fingerprint density at radius 3 is 2.47 bits per heavy atom. The summed E-state index contributed by atoms with van der Waals surface area (Å²) >= 11 is 3.35. The normalized spacial score (nSPS) is 13.9. The quantitative estimate of drug-likeness (QED) is 0.907. The summed E-state index contributed by atoms with van der Waals surface area (Å²) in [6, 6.07) is 7.61. The molecule has 3 nitrogen and oxygen atoms in total. The molecule has 1 rings (SSSR count). The van der Waals surface area contributed by atoms with Gasteiger partial charge in [-0.25, -0.2) is 0 Å². The summed E-state index contributed by atoms with van der Waals surface area (Å²) in [5.74, 6) is 0.613. The minimum absolute atomic E-state index is 0.0812. The van der Waals surface area contributed by atoms with Gasteiger partial charge in [-0.1, -0.05) is 22.9 Å². The SMILES string of the molecule is CC[C@H](C)NC(=O)[C@H](C)Oc1ccc(Br)cc1. The molecule has 0 radical (unpaired) electrons. The van der Waals surface area contributed by atoms with Gasteiger partial charge < -0.3 is 10.1 Å². The molecule has 0 unspecified atom stereocenters. The fraction of sp³-hybridized carbons (Fsp3) is 0.462. The third kappa shape index (κ3) is 4.77. The lowest BCUT2D eigenvalue weighted by atomic mass is 10.2. The highest BCUT2D eigenvalue weighted by Crippen LogP contribution is 2.17. The molecular formula is C13H18BrNO2. The summed E-state index contributed by atoms with van der Waals surface area (Å²) in [7, 11) is 0. The molecule has 1 N–H and O–H groups in total. The molecule has 94 valence electrons. The highest BCUT2D eigenvalue weighted by molar-refractivity contribution is 9.10. The fourth-order valence-electron chi connectivity index (χ4n) is 1.23. The van der Waals surface area contributed by atoms with Crippen molar-refractivity contribution in [1.29, 1.82) is 0 Å². The minimum Gasteiger partial charge on any atom is -0.481 e. The van der Waals surface area contributed by atoms with E-state index in [-0.39, 0.29) is 11.9 Å². The molecule has 0 fully saturated rings. The predicted octanol–water partition coefficient (Wildman–Crippen LogP) is 3.13. The minimum atomic E-state index is -0.481. The van der Waals surface area contributed by atoms with Gasteiger partial charge in [0.1, 0.15) is 5.75 Å². The van der Waals surface area contributed by atoms with Crippen molar-refractivity contribution in [3.8, 4) is 5.75 Å². The molecule has 1 aromatic rings. The van der Waals surface area contributed by atoms with Crippen LogP contribution in [0, 0.1) is 0 Å². The second-order valence-electron chi connectivity index (χ2n) is 4.03. The molecule has 0 aliphatic carbocycles. The summed E-state index contributed by atoms with van der Waals surface area (Å²) in [4.78, 5) is 11.7. The van der Waals surface area contributed by atoms with Crippen LogP contribution in [0.1, 0.15) is 27.2 Å². The molecule has 0 heterocycles. The zero-order chi connectivity index (χ0) is 12.8. The molecule has 0 saturated heterocycles. The van der Waals surface area contributed by atoms with Gasteiger partial charge in [-0.2, -0.15) is 0 Å². The molecule has 0 bridgehead atoms. The number of rotatable bonds is 5. The van der Waals surface area contributed by atoms with Gasteiger partial charge in [-0.05, 0) is 44.5 Å². The Morgan fingerprint density at radius 2 is 1.94 bits per heavy atom. The zero-order valence-electron chi connectivity index (χ0n) is 10.4. The van der Waals surface area contributed by atoms with Crippen LogP contribution in [0.3, 0.4) is 0 Å². The first-order valence-electron chi connectivity index (χ1n) is 5.75. The standard InChI is InChI=1S/C13H18BrNO2/c1-4-9(2)15-13(16)10(3)17-12-7-5-11(14)6-8-12/h5-10H,4H2,1-3H3,(H,15,16)/t9-,10-/m0/s1. The van der Waals surface area contributed by atoms with E-state index in [1.807, 2.05) is 38.1 Å². The maximum atomic E-state index is 11.7. The van der Waals surface area contributed by atoms with E-state index in [0.29, 0.717) is 5.75 Å². The van der Waals surface area contributed by atoms with Crippen molar-refractivity contribution in [2.75, 3.05) is 0 Å². The van der Waals surface area contributed by atoms with E-state index in [1.54, 1.807) is 6.92 Å². The lowest BCUT2D eigenvalue weighted by molar-refractivity contribution is -0.127. The average Bonchev–Trinajstić information content (AvgIpc) is 2.31. The Kier molecular flexibility index (Phi) is 5.48. The van der Waals surface area contributed by atoms with Crippen LogP contribution in [0.5, 0.6) is 5.75 Å². The van der Waals surface area contributed by atoms with Gasteiger partial charge >= 0.3 is 0 Å². The molecular weight excluding hydrogens is 282 g/mol. The van der Waals surface area contributed by atoms with E-state index >= 15 is 0 Å². The molecule has 17 heavy (non-hydrogen) atoms. The van der Waals surface area contributed by atoms with Gasteiger partial charge in [-0.3, -0.25) is 4.79 Å². The van der Waals surface area contributed by atoms with Gasteiger partial charge in [0.05, 0.1) is 0 Å². The number of halogens is 1. The smallest absolute Gasteiger partial charge is 0.260 e. The van der Waals surface area contributed by atoms with Gasteiger partial charge in [0.25, 0.3) is 5.91 Å². The first kappa shape index (κ1) is 14.0. The van der Waals surface area contributed by atoms with Crippen LogP contribution in [0.4, 0.5) is 0 Å². The zero-order valence-corrected chi connectivity index (χ0v) is 12.0. The molecule has 0 aliphatic heterocycles. The van der Waals surface area contributed by atoms with Gasteiger partial charge in [0.15, 0.2) is 6.10 Å². The third-order valence-electron chi connectivity index (χ3n) is 2.50. The van der Waals surface area contributed by atoms with Crippen molar-refractivity contribution in [1.82, 2.24) is 5.32 Å². The van der Waals surface area contributed by atoms with Crippen LogP contribution in [0.15, 0.2) is 28.7 Å². The Hall–Kier alpha value is -1.03. The van der Waals surface area contributed by atoms with E-state index in [9.17, 15) is 4.79 Å². The number of nitrogens with one attached hydrogen (secondary N) is 1. The Bertz CT molecular complexity index is 364. The number of hydrogen-bond donors (Lipinski definition) is 1. The molecule has 1 aromatic carbocycles. The first-order valence-corrected chi connectivity index (χ1v) is 6.54. The second kappa shape index (κ2) is 6.64. The monoisotopic (exact) mass is 299 g/mol. The van der Waals surface area contributed by atoms with Gasteiger partial charge in [0.2, 0.25) is 0 Å². The van der Waals surface area contributed by atoms with E-state index in [0.717, 1.165) is 10.9 Å². The van der Waals surface area contributed by atoms with Crippen LogP contribution in [-0.4, -0.2) is 18.1 Å². The molecule has 0 spiro atoms. The van der Waals surface area contributed by atoms with Crippen LogP contribution in [-0.2, 0) is 4.79 Å². The fourth-order valence-corrected chi connectivity index (χ4v) is 1.50. The predicted molar refractivity (Wildman–Crippen MR) is 72.1 cm³/mol. The summed E-state index contributed by atoms with van der Waals surface area (Å²) in [5, 5.41) is 2.89. The van der Waals surface area contributed by atoms with Crippen LogP contribution in [0.25, 0.3) is 0 Å². The van der Waals surface area contributed by atoms with Crippen LogP contribution >= 0.6 is 15.9 Å². The van der Waals surface area contributed by atoms with Crippen molar-refractivity contribution < 1.29 is 9.53 Å². The number of benzene rings is 1. The van der Waals surface area contributed by atoms with Crippen LogP contribution in [0.2, 0.25) is 0 Å². The number of hydrogen-bond acceptors (Lipinski definition) is 2. The third-order valence-corrected chi connectivity index (χ3v) is 3.03. The summed E-state index contributed by atoms with van der Waals surface area (Å²) in [6.45, 7) is 5.76. The average molecular weight is 300 g/mol. The van der Waals surface area contributed by atoms with Gasteiger partial charge in [0, 0.05) is 10.5 Å². The Labute approximate surface area is 111 Å². The maximum absolute atomic E-state index is 11.7.